The molecule has 1 aliphatic heterocycles. The van der Waals surface area contributed by atoms with Gasteiger partial charge >= 0.3 is 5.97 Å². The van der Waals surface area contributed by atoms with Gasteiger partial charge in [-0.25, -0.2) is 0 Å². The number of hydrogen-bond acceptors (Lipinski definition) is 5. The highest BCUT2D eigenvalue weighted by Gasteiger charge is 2.76. The minimum Gasteiger partial charge on any atom is -0.458 e. The van der Waals surface area contributed by atoms with E-state index in [1.807, 2.05) is 6.92 Å². The quantitative estimate of drug-likeness (QED) is 0.531. The third-order valence-electron chi connectivity index (χ3n) is 7.98. The molecule has 1 heterocycles. The van der Waals surface area contributed by atoms with Gasteiger partial charge in [0.05, 0.1) is 0 Å². The maximum absolute atomic E-state index is 13.6. The summed E-state index contributed by atoms with van der Waals surface area (Å²) < 4.78 is 5.71. The summed E-state index contributed by atoms with van der Waals surface area (Å²) in [4.78, 5) is 39.4. The van der Waals surface area contributed by atoms with Crippen LogP contribution in [0.5, 0.6) is 0 Å². The third kappa shape index (κ3) is 1.42. The molecule has 0 radical (unpaired) electrons. The Morgan fingerprint density at radius 3 is 2.54 bits per heavy atom. The maximum atomic E-state index is 13.6. The van der Waals surface area contributed by atoms with Gasteiger partial charge in [0, 0.05) is 17.4 Å². The van der Waals surface area contributed by atoms with Crippen molar-refractivity contribution in [1.82, 2.24) is 0 Å². The second kappa shape index (κ2) is 4.38. The van der Waals surface area contributed by atoms with Gasteiger partial charge in [0.25, 0.3) is 0 Å². The van der Waals surface area contributed by atoms with E-state index in [2.05, 4.69) is 13.8 Å². The lowest BCUT2D eigenvalue weighted by atomic mass is 9.49. The first-order valence-electron chi connectivity index (χ1n) is 9.49. The molecule has 6 atom stereocenters. The number of ether oxygens (including phenoxy) is 1. The first-order chi connectivity index (χ1) is 12.1. The number of allylic oxidation sites excluding steroid dienone is 2. The van der Waals surface area contributed by atoms with Gasteiger partial charge in [-0.3, -0.25) is 14.4 Å². The Morgan fingerprint density at radius 1 is 1.15 bits per heavy atom. The second-order valence-electron chi connectivity index (χ2n) is 9.65. The molecule has 5 nitrogen and oxygen atoms in total. The van der Waals surface area contributed by atoms with E-state index in [1.54, 1.807) is 6.92 Å². The fourth-order valence-corrected chi connectivity index (χ4v) is 7.01. The molecule has 138 valence electrons. The molecule has 0 unspecified atom stereocenters. The number of rotatable bonds is 0. The number of esters is 1. The molecule has 26 heavy (non-hydrogen) atoms. The predicted octanol–water partition coefficient (Wildman–Crippen LogP) is 2.13. The van der Waals surface area contributed by atoms with Gasteiger partial charge in [-0.1, -0.05) is 25.8 Å². The fourth-order valence-electron chi connectivity index (χ4n) is 7.01. The topological polar surface area (TPSA) is 80.7 Å². The molecule has 0 aromatic carbocycles. The predicted molar refractivity (Wildman–Crippen MR) is 91.8 cm³/mol. The van der Waals surface area contributed by atoms with E-state index in [1.165, 1.54) is 6.08 Å². The van der Waals surface area contributed by atoms with Crippen LogP contribution in [0.3, 0.4) is 0 Å². The zero-order chi connectivity index (χ0) is 18.8. The number of aliphatic hydroxyl groups excluding tert-OH is 1. The Kier molecular flexibility index (Phi) is 2.77. The SMILES string of the molecule is CC1=CC(=O)[C@@]2(C)C(=O)C3=C([C@@H]12)[C@H](O)[C@H]1OC(=O)[C@@]32CCCC(C)(C)[C@H]12. The van der Waals surface area contributed by atoms with Crippen molar-refractivity contribution in [2.75, 3.05) is 0 Å². The third-order valence-corrected chi connectivity index (χ3v) is 7.98. The van der Waals surface area contributed by atoms with Gasteiger partial charge < -0.3 is 9.84 Å². The Balaban J connectivity index is 1.82. The zero-order valence-corrected chi connectivity index (χ0v) is 15.6. The number of carbonyl (C=O) groups excluding carboxylic acids is 3. The van der Waals surface area contributed by atoms with Crippen molar-refractivity contribution in [1.29, 1.82) is 0 Å². The Bertz CT molecular complexity index is 862. The molecule has 2 fully saturated rings. The van der Waals surface area contributed by atoms with Crippen LogP contribution in [0.4, 0.5) is 0 Å². The molecule has 0 spiro atoms. The molecule has 4 aliphatic carbocycles. The highest BCUT2D eigenvalue weighted by Crippen LogP contribution is 2.70. The summed E-state index contributed by atoms with van der Waals surface area (Å²) in [6, 6.07) is 0. The number of carbonyl (C=O) groups is 3. The van der Waals surface area contributed by atoms with Crippen molar-refractivity contribution in [2.24, 2.45) is 28.1 Å². The van der Waals surface area contributed by atoms with E-state index in [0.717, 1.165) is 18.4 Å². The number of Topliss-reactive ketones (excluding diaryl/α,β-unsaturated/α-hetero) is 1. The molecule has 5 aliphatic rings. The van der Waals surface area contributed by atoms with Gasteiger partial charge in [0.15, 0.2) is 11.6 Å². The molecular weight excluding hydrogens is 332 g/mol. The second-order valence-corrected chi connectivity index (χ2v) is 9.65. The van der Waals surface area contributed by atoms with E-state index in [-0.39, 0.29) is 28.9 Å². The minimum absolute atomic E-state index is 0.209. The van der Waals surface area contributed by atoms with Gasteiger partial charge in [-0.05, 0) is 43.8 Å². The van der Waals surface area contributed by atoms with Crippen LogP contribution in [0.15, 0.2) is 22.8 Å². The number of ketones is 2. The number of hydrogen-bond donors (Lipinski definition) is 1. The van der Waals surface area contributed by atoms with Crippen LogP contribution >= 0.6 is 0 Å². The normalized spacial score (nSPS) is 48.2. The van der Waals surface area contributed by atoms with Crippen LogP contribution in [0.25, 0.3) is 0 Å². The van der Waals surface area contributed by atoms with Crippen molar-refractivity contribution in [3.63, 3.8) is 0 Å². The van der Waals surface area contributed by atoms with Gasteiger partial charge in [0.1, 0.15) is 23.0 Å². The first-order valence-corrected chi connectivity index (χ1v) is 9.49. The molecule has 1 N–H and O–H groups in total. The minimum atomic E-state index is -1.21. The molecule has 0 aromatic heterocycles. The molecular formula is C21H24O5. The maximum Gasteiger partial charge on any atom is 0.317 e. The Morgan fingerprint density at radius 2 is 1.85 bits per heavy atom. The van der Waals surface area contributed by atoms with Crippen molar-refractivity contribution in [3.05, 3.63) is 22.8 Å². The van der Waals surface area contributed by atoms with Crippen LogP contribution in [-0.4, -0.2) is 34.9 Å². The molecule has 0 amide bonds. The average molecular weight is 356 g/mol. The largest absolute Gasteiger partial charge is 0.458 e. The fraction of sp³-hybridized carbons (Fsp3) is 0.667. The van der Waals surface area contributed by atoms with Crippen LogP contribution < -0.4 is 0 Å². The summed E-state index contributed by atoms with van der Waals surface area (Å²) in [6.07, 6.45) is 2.20. The lowest BCUT2D eigenvalue weighted by molar-refractivity contribution is -0.151. The van der Waals surface area contributed by atoms with E-state index in [4.69, 9.17) is 4.74 Å². The number of aliphatic hydroxyl groups is 1. The molecule has 1 saturated carbocycles. The van der Waals surface area contributed by atoms with E-state index in [0.29, 0.717) is 17.6 Å². The average Bonchev–Trinajstić information content (AvgIpc) is 3.05. The summed E-state index contributed by atoms with van der Waals surface area (Å²) in [7, 11) is 0. The standard InChI is InChI=1S/C21H24O5/c1-9-8-10(22)20(4)12(9)11-13(17(20)24)21-7-5-6-19(2,3)16(21)15(14(11)23)26-18(21)25/h8,12,14-16,23H,5-7H2,1-4H3/t12-,14+,15-,16+,20-,21+/m1/s1. The zero-order valence-electron chi connectivity index (χ0n) is 15.6. The van der Waals surface area contributed by atoms with E-state index >= 15 is 0 Å². The molecule has 5 heteroatoms. The Hall–Kier alpha value is -1.75. The highest BCUT2D eigenvalue weighted by molar-refractivity contribution is 6.24. The molecule has 2 bridgehead atoms. The highest BCUT2D eigenvalue weighted by atomic mass is 16.6. The molecule has 1 saturated heterocycles. The van der Waals surface area contributed by atoms with Crippen LogP contribution in [-0.2, 0) is 19.1 Å². The van der Waals surface area contributed by atoms with Gasteiger partial charge in [-0.15, -0.1) is 0 Å². The van der Waals surface area contributed by atoms with Crippen molar-refractivity contribution in [2.45, 2.75) is 59.2 Å². The van der Waals surface area contributed by atoms with E-state index in [9.17, 15) is 19.5 Å². The summed E-state index contributed by atoms with van der Waals surface area (Å²) in [5.41, 5.74) is -0.626. The van der Waals surface area contributed by atoms with Crippen LogP contribution in [0.2, 0.25) is 0 Å². The summed E-state index contributed by atoms with van der Waals surface area (Å²) >= 11 is 0. The molecule has 0 aromatic rings. The van der Waals surface area contributed by atoms with Crippen molar-refractivity contribution < 1.29 is 24.2 Å². The summed E-state index contributed by atoms with van der Waals surface area (Å²) in [5.74, 6) is -1.52. The number of fused-ring (bicyclic) bond motifs is 2. The van der Waals surface area contributed by atoms with Crippen LogP contribution in [0.1, 0.15) is 47.0 Å². The van der Waals surface area contributed by atoms with Gasteiger partial charge in [-0.2, -0.15) is 0 Å². The smallest absolute Gasteiger partial charge is 0.317 e. The van der Waals surface area contributed by atoms with Crippen molar-refractivity contribution in [3.8, 4) is 0 Å². The lowest BCUT2D eigenvalue weighted by Crippen LogP contribution is -2.55. The monoisotopic (exact) mass is 356 g/mol. The van der Waals surface area contributed by atoms with Crippen LogP contribution in [0, 0.1) is 28.1 Å². The lowest BCUT2D eigenvalue weighted by Gasteiger charge is -2.51. The first kappa shape index (κ1) is 16.4. The summed E-state index contributed by atoms with van der Waals surface area (Å²) in [5, 5.41) is 11.2. The van der Waals surface area contributed by atoms with E-state index < -0.39 is 29.0 Å². The summed E-state index contributed by atoms with van der Waals surface area (Å²) in [6.45, 7) is 7.70. The molecule has 5 rings (SSSR count). The van der Waals surface area contributed by atoms with Crippen molar-refractivity contribution >= 4 is 17.5 Å². The Labute approximate surface area is 152 Å². The van der Waals surface area contributed by atoms with Gasteiger partial charge in [0.2, 0.25) is 0 Å².